The molecule has 2 rings (SSSR count). The van der Waals surface area contributed by atoms with E-state index < -0.39 is 0 Å². The summed E-state index contributed by atoms with van der Waals surface area (Å²) >= 11 is 0. The van der Waals surface area contributed by atoms with Crippen molar-refractivity contribution in [3.05, 3.63) is 46.0 Å². The molecule has 0 radical (unpaired) electrons. The second-order valence-corrected chi connectivity index (χ2v) is 4.46. The number of hydrogen-bond donors (Lipinski definition) is 2. The van der Waals surface area contributed by atoms with Crippen molar-refractivity contribution in [2.24, 2.45) is 5.73 Å². The van der Waals surface area contributed by atoms with E-state index in [1.54, 1.807) is 0 Å². The van der Waals surface area contributed by atoms with Crippen LogP contribution in [0.2, 0.25) is 0 Å². The van der Waals surface area contributed by atoms with Crippen molar-refractivity contribution >= 4 is 0 Å². The molecule has 0 amide bonds. The first-order valence-corrected chi connectivity index (χ1v) is 5.77. The van der Waals surface area contributed by atoms with Crippen molar-refractivity contribution in [1.29, 1.82) is 0 Å². The van der Waals surface area contributed by atoms with Crippen molar-refractivity contribution in [2.75, 3.05) is 0 Å². The van der Waals surface area contributed by atoms with Gasteiger partial charge in [0.1, 0.15) is 5.82 Å². The highest BCUT2D eigenvalue weighted by Crippen LogP contribution is 2.18. The van der Waals surface area contributed by atoms with Crippen molar-refractivity contribution in [3.8, 4) is 0 Å². The summed E-state index contributed by atoms with van der Waals surface area (Å²) in [5.74, 6) is 1.54. The molecule has 17 heavy (non-hydrogen) atoms. The standard InChI is InChI=1S/C13H18N4/c1-8-4-9(2)11(10(3)5-8)6-12-15-13(7-14)17-16-12/h4-5H,6-7,14H2,1-3H3,(H,15,16,17). The molecule has 0 fully saturated rings. The summed E-state index contributed by atoms with van der Waals surface area (Å²) in [6.45, 7) is 6.76. The molecule has 0 atom stereocenters. The van der Waals surface area contributed by atoms with Crippen LogP contribution in [0.25, 0.3) is 0 Å². The lowest BCUT2D eigenvalue weighted by atomic mass is 9.97. The molecule has 90 valence electrons. The van der Waals surface area contributed by atoms with Crippen LogP contribution in [-0.2, 0) is 13.0 Å². The predicted molar refractivity (Wildman–Crippen MR) is 67.7 cm³/mol. The van der Waals surface area contributed by atoms with Gasteiger partial charge in [-0.1, -0.05) is 17.7 Å². The molecule has 0 saturated carbocycles. The molecule has 4 heteroatoms. The summed E-state index contributed by atoms with van der Waals surface area (Å²) in [6, 6.07) is 4.39. The maximum absolute atomic E-state index is 5.49. The first-order valence-electron chi connectivity index (χ1n) is 5.77. The molecule has 1 aromatic heterocycles. The van der Waals surface area contributed by atoms with Gasteiger partial charge in [-0.15, -0.1) is 0 Å². The van der Waals surface area contributed by atoms with E-state index in [0.29, 0.717) is 12.4 Å². The zero-order chi connectivity index (χ0) is 12.4. The number of aromatic nitrogens is 3. The van der Waals surface area contributed by atoms with E-state index in [-0.39, 0.29) is 0 Å². The lowest BCUT2D eigenvalue weighted by molar-refractivity contribution is 0.916. The Morgan fingerprint density at radius 1 is 1.18 bits per heavy atom. The topological polar surface area (TPSA) is 67.6 Å². The van der Waals surface area contributed by atoms with E-state index in [4.69, 9.17) is 5.73 Å². The van der Waals surface area contributed by atoms with Crippen LogP contribution in [0.5, 0.6) is 0 Å². The molecule has 0 aliphatic rings. The van der Waals surface area contributed by atoms with Crippen LogP contribution in [-0.4, -0.2) is 15.2 Å². The van der Waals surface area contributed by atoms with Crippen LogP contribution in [0, 0.1) is 20.8 Å². The Bertz CT molecular complexity index is 505. The lowest BCUT2D eigenvalue weighted by Gasteiger charge is -2.09. The van der Waals surface area contributed by atoms with Gasteiger partial charge in [0.2, 0.25) is 0 Å². The average molecular weight is 230 g/mol. The van der Waals surface area contributed by atoms with Crippen LogP contribution >= 0.6 is 0 Å². The number of aryl methyl sites for hydroxylation is 3. The Labute approximate surface area is 101 Å². The Morgan fingerprint density at radius 3 is 2.35 bits per heavy atom. The van der Waals surface area contributed by atoms with Gasteiger partial charge in [-0.2, -0.15) is 5.10 Å². The molecule has 0 bridgehead atoms. The second-order valence-electron chi connectivity index (χ2n) is 4.46. The molecule has 1 aromatic carbocycles. The Kier molecular flexibility index (Phi) is 3.24. The molecule has 0 spiro atoms. The maximum Gasteiger partial charge on any atom is 0.164 e. The van der Waals surface area contributed by atoms with E-state index in [0.717, 1.165) is 12.2 Å². The molecule has 0 saturated heterocycles. The minimum atomic E-state index is 0.377. The highest BCUT2D eigenvalue weighted by atomic mass is 15.2. The van der Waals surface area contributed by atoms with Gasteiger partial charge in [-0.05, 0) is 37.5 Å². The quantitative estimate of drug-likeness (QED) is 0.844. The fourth-order valence-electron chi connectivity index (χ4n) is 2.16. The monoisotopic (exact) mass is 230 g/mol. The van der Waals surface area contributed by atoms with E-state index >= 15 is 0 Å². The summed E-state index contributed by atoms with van der Waals surface area (Å²) in [5, 5.41) is 6.98. The first kappa shape index (κ1) is 11.8. The number of rotatable bonds is 3. The Balaban J connectivity index is 2.29. The molecular formula is C13H18N4. The van der Waals surface area contributed by atoms with Crippen LogP contribution < -0.4 is 5.73 Å². The number of benzene rings is 1. The van der Waals surface area contributed by atoms with E-state index in [1.807, 2.05) is 0 Å². The van der Waals surface area contributed by atoms with Gasteiger partial charge in [-0.3, -0.25) is 5.10 Å². The van der Waals surface area contributed by atoms with Gasteiger partial charge >= 0.3 is 0 Å². The van der Waals surface area contributed by atoms with E-state index in [9.17, 15) is 0 Å². The highest BCUT2D eigenvalue weighted by Gasteiger charge is 2.08. The first-order chi connectivity index (χ1) is 8.10. The summed E-state index contributed by atoms with van der Waals surface area (Å²) in [4.78, 5) is 4.34. The van der Waals surface area contributed by atoms with Crippen molar-refractivity contribution in [1.82, 2.24) is 15.2 Å². The smallest absolute Gasteiger partial charge is 0.164 e. The lowest BCUT2D eigenvalue weighted by Crippen LogP contribution is -2.00. The average Bonchev–Trinajstić information content (AvgIpc) is 2.71. The van der Waals surface area contributed by atoms with Crippen LogP contribution in [0.15, 0.2) is 12.1 Å². The van der Waals surface area contributed by atoms with Gasteiger partial charge in [-0.25, -0.2) is 4.98 Å². The predicted octanol–water partition coefficient (Wildman–Crippen LogP) is 1.78. The normalized spacial score (nSPS) is 10.8. The number of nitrogens with two attached hydrogens (primary N) is 1. The largest absolute Gasteiger partial charge is 0.324 e. The fraction of sp³-hybridized carbons (Fsp3) is 0.385. The van der Waals surface area contributed by atoms with E-state index in [2.05, 4.69) is 48.1 Å². The molecule has 0 unspecified atom stereocenters. The van der Waals surface area contributed by atoms with Gasteiger partial charge < -0.3 is 5.73 Å². The fourth-order valence-corrected chi connectivity index (χ4v) is 2.16. The summed E-state index contributed by atoms with van der Waals surface area (Å²) in [5.41, 5.74) is 10.7. The third-order valence-electron chi connectivity index (χ3n) is 2.95. The summed E-state index contributed by atoms with van der Waals surface area (Å²) in [6.07, 6.45) is 0.783. The third kappa shape index (κ3) is 2.53. The highest BCUT2D eigenvalue weighted by molar-refractivity contribution is 5.39. The van der Waals surface area contributed by atoms with Crippen LogP contribution in [0.1, 0.15) is 33.9 Å². The number of nitrogens with one attached hydrogen (secondary N) is 1. The minimum absolute atomic E-state index is 0.377. The van der Waals surface area contributed by atoms with Crippen molar-refractivity contribution in [3.63, 3.8) is 0 Å². The second kappa shape index (κ2) is 4.67. The third-order valence-corrected chi connectivity index (χ3v) is 2.95. The molecule has 0 aliphatic heterocycles. The maximum atomic E-state index is 5.49. The zero-order valence-electron chi connectivity index (χ0n) is 10.5. The summed E-state index contributed by atoms with van der Waals surface area (Å²) in [7, 11) is 0. The van der Waals surface area contributed by atoms with Crippen LogP contribution in [0.4, 0.5) is 0 Å². The number of hydrogen-bond acceptors (Lipinski definition) is 3. The van der Waals surface area contributed by atoms with Crippen molar-refractivity contribution < 1.29 is 0 Å². The number of H-pyrrole nitrogens is 1. The van der Waals surface area contributed by atoms with Gasteiger partial charge in [0.25, 0.3) is 0 Å². The number of nitrogens with zero attached hydrogens (tertiary/aromatic N) is 2. The molecule has 1 heterocycles. The van der Waals surface area contributed by atoms with Gasteiger partial charge in [0, 0.05) is 6.42 Å². The Hall–Kier alpha value is -1.68. The zero-order valence-corrected chi connectivity index (χ0v) is 10.5. The summed E-state index contributed by atoms with van der Waals surface area (Å²) < 4.78 is 0. The van der Waals surface area contributed by atoms with Crippen molar-refractivity contribution in [2.45, 2.75) is 33.7 Å². The van der Waals surface area contributed by atoms with Gasteiger partial charge in [0.15, 0.2) is 5.82 Å². The molecule has 3 N–H and O–H groups in total. The van der Waals surface area contributed by atoms with Gasteiger partial charge in [0.05, 0.1) is 6.54 Å². The molecular weight excluding hydrogens is 212 g/mol. The Morgan fingerprint density at radius 2 is 1.82 bits per heavy atom. The van der Waals surface area contributed by atoms with Crippen LogP contribution in [0.3, 0.4) is 0 Å². The molecule has 2 aromatic rings. The SMILES string of the molecule is Cc1cc(C)c(Cc2nc(CN)n[nH]2)c(C)c1. The molecule has 4 nitrogen and oxygen atoms in total. The number of aromatic amines is 1. The van der Waals surface area contributed by atoms with E-state index in [1.165, 1.54) is 22.3 Å². The minimum Gasteiger partial charge on any atom is -0.324 e. The molecule has 0 aliphatic carbocycles.